The van der Waals surface area contributed by atoms with Crippen LogP contribution >= 0.6 is 0 Å². The zero-order valence-corrected chi connectivity index (χ0v) is 18.7. The van der Waals surface area contributed by atoms with Gasteiger partial charge in [-0.1, -0.05) is 79.2 Å². The van der Waals surface area contributed by atoms with Crippen molar-refractivity contribution in [1.82, 2.24) is 0 Å². The zero-order chi connectivity index (χ0) is 22.9. The Kier molecular flexibility index (Phi) is 7.32. The van der Waals surface area contributed by atoms with Crippen molar-refractivity contribution in [1.29, 1.82) is 10.5 Å². The van der Waals surface area contributed by atoms with Gasteiger partial charge < -0.3 is 0 Å². The van der Waals surface area contributed by atoms with Gasteiger partial charge in [0.2, 0.25) is 0 Å². The highest BCUT2D eigenvalue weighted by molar-refractivity contribution is 5.65. The molecule has 0 saturated carbocycles. The van der Waals surface area contributed by atoms with E-state index >= 15 is 0 Å². The molecule has 0 spiro atoms. The largest absolute Gasteiger partial charge is 0.192 e. The summed E-state index contributed by atoms with van der Waals surface area (Å²) in [7, 11) is 0. The summed E-state index contributed by atoms with van der Waals surface area (Å²) < 4.78 is 0. The van der Waals surface area contributed by atoms with E-state index in [0.29, 0.717) is 11.1 Å². The van der Waals surface area contributed by atoms with E-state index in [1.807, 2.05) is 48.5 Å². The Bertz CT molecular complexity index is 1150. The van der Waals surface area contributed by atoms with Gasteiger partial charge in [-0.25, -0.2) is 0 Å². The SMILES string of the molecule is N#Cc1ccc(-c2ccc(CCCCCc3ccc(-c4ccc(C#N)cc4)cc3)cc2)cc1. The van der Waals surface area contributed by atoms with Crippen molar-refractivity contribution in [3.63, 3.8) is 0 Å². The number of nitriles is 2. The monoisotopic (exact) mass is 426 g/mol. The molecule has 0 saturated heterocycles. The first-order valence-electron chi connectivity index (χ1n) is 11.4. The van der Waals surface area contributed by atoms with Crippen LogP contribution in [-0.4, -0.2) is 0 Å². The number of rotatable bonds is 8. The van der Waals surface area contributed by atoms with Crippen LogP contribution in [0.2, 0.25) is 0 Å². The average molecular weight is 427 g/mol. The van der Waals surface area contributed by atoms with Crippen molar-refractivity contribution in [3.05, 3.63) is 119 Å². The zero-order valence-electron chi connectivity index (χ0n) is 18.7. The molecule has 0 N–H and O–H groups in total. The average Bonchev–Trinajstić information content (AvgIpc) is 2.89. The van der Waals surface area contributed by atoms with Crippen LogP contribution in [0.25, 0.3) is 22.3 Å². The third-order valence-electron chi connectivity index (χ3n) is 6.03. The number of hydrogen-bond acceptors (Lipinski definition) is 2. The van der Waals surface area contributed by atoms with Crippen molar-refractivity contribution in [2.24, 2.45) is 0 Å². The van der Waals surface area contributed by atoms with Crippen LogP contribution in [0, 0.1) is 22.7 Å². The second kappa shape index (κ2) is 10.9. The van der Waals surface area contributed by atoms with E-state index in [0.717, 1.165) is 24.0 Å². The highest BCUT2D eigenvalue weighted by atomic mass is 14.2. The van der Waals surface area contributed by atoms with Gasteiger partial charge in [0.1, 0.15) is 0 Å². The molecule has 0 heterocycles. The lowest BCUT2D eigenvalue weighted by Crippen LogP contribution is -1.90. The van der Waals surface area contributed by atoms with Gasteiger partial charge in [0.15, 0.2) is 0 Å². The first-order valence-corrected chi connectivity index (χ1v) is 11.4. The minimum atomic E-state index is 0.692. The molecule has 4 aromatic rings. The number of unbranched alkanes of at least 4 members (excludes halogenated alkanes) is 2. The quantitative estimate of drug-likeness (QED) is 0.271. The van der Waals surface area contributed by atoms with Gasteiger partial charge in [-0.05, 0) is 83.3 Å². The first-order chi connectivity index (χ1) is 16.2. The molecule has 0 radical (unpaired) electrons. The molecule has 0 bridgehead atoms. The molecular formula is C31H26N2. The maximum Gasteiger partial charge on any atom is 0.0991 e. The van der Waals surface area contributed by atoms with E-state index in [2.05, 4.69) is 60.7 Å². The number of aryl methyl sites for hydroxylation is 2. The third-order valence-corrected chi connectivity index (χ3v) is 6.03. The van der Waals surface area contributed by atoms with E-state index in [9.17, 15) is 0 Å². The Balaban J connectivity index is 1.21. The smallest absolute Gasteiger partial charge is 0.0991 e. The molecule has 0 aromatic heterocycles. The van der Waals surface area contributed by atoms with Gasteiger partial charge in [0.25, 0.3) is 0 Å². The summed E-state index contributed by atoms with van der Waals surface area (Å²) in [6, 6.07) is 37.4. The van der Waals surface area contributed by atoms with Crippen LogP contribution in [0.1, 0.15) is 41.5 Å². The maximum atomic E-state index is 8.93. The van der Waals surface area contributed by atoms with Crippen molar-refractivity contribution >= 4 is 0 Å². The summed E-state index contributed by atoms with van der Waals surface area (Å²) in [4.78, 5) is 0. The summed E-state index contributed by atoms with van der Waals surface area (Å²) in [6.07, 6.45) is 5.81. The molecule has 0 aliphatic carbocycles. The fraction of sp³-hybridized carbons (Fsp3) is 0.161. The third kappa shape index (κ3) is 5.97. The molecule has 0 unspecified atom stereocenters. The number of benzene rings is 4. The van der Waals surface area contributed by atoms with Crippen molar-refractivity contribution < 1.29 is 0 Å². The van der Waals surface area contributed by atoms with Crippen LogP contribution in [0.4, 0.5) is 0 Å². The molecule has 0 amide bonds. The molecule has 4 rings (SSSR count). The highest BCUT2D eigenvalue weighted by Gasteiger charge is 2.01. The summed E-state index contributed by atoms with van der Waals surface area (Å²) in [5, 5.41) is 17.9. The lowest BCUT2D eigenvalue weighted by atomic mass is 9.99. The second-order valence-electron chi connectivity index (χ2n) is 8.33. The first kappa shape index (κ1) is 22.1. The normalized spacial score (nSPS) is 10.4. The minimum Gasteiger partial charge on any atom is -0.192 e. The van der Waals surface area contributed by atoms with E-state index in [-0.39, 0.29) is 0 Å². The van der Waals surface area contributed by atoms with Crippen molar-refractivity contribution in [2.45, 2.75) is 32.1 Å². The Morgan fingerprint density at radius 1 is 0.394 bits per heavy atom. The molecule has 2 heteroatoms. The van der Waals surface area contributed by atoms with Gasteiger partial charge in [-0.3, -0.25) is 0 Å². The van der Waals surface area contributed by atoms with E-state index in [4.69, 9.17) is 10.5 Å². The minimum absolute atomic E-state index is 0.692. The number of hydrogen-bond donors (Lipinski definition) is 0. The fourth-order valence-corrected chi connectivity index (χ4v) is 4.04. The molecule has 0 fully saturated rings. The fourth-order valence-electron chi connectivity index (χ4n) is 4.04. The predicted molar refractivity (Wildman–Crippen MR) is 134 cm³/mol. The van der Waals surface area contributed by atoms with Crippen molar-refractivity contribution in [3.8, 4) is 34.4 Å². The summed E-state index contributed by atoms with van der Waals surface area (Å²) >= 11 is 0. The Labute approximate surface area is 196 Å². The molecule has 0 atom stereocenters. The summed E-state index contributed by atoms with van der Waals surface area (Å²) in [5.74, 6) is 0. The van der Waals surface area contributed by atoms with E-state index in [1.54, 1.807) is 0 Å². The molecule has 0 aliphatic heterocycles. The summed E-state index contributed by atoms with van der Waals surface area (Å²) in [5.41, 5.74) is 8.80. The Morgan fingerprint density at radius 3 is 1.00 bits per heavy atom. The molecular weight excluding hydrogens is 400 g/mol. The lowest BCUT2D eigenvalue weighted by Gasteiger charge is -2.06. The van der Waals surface area contributed by atoms with Gasteiger partial charge in [0, 0.05) is 0 Å². The van der Waals surface area contributed by atoms with Gasteiger partial charge in [-0.2, -0.15) is 10.5 Å². The van der Waals surface area contributed by atoms with Crippen molar-refractivity contribution in [2.75, 3.05) is 0 Å². The van der Waals surface area contributed by atoms with E-state index in [1.165, 1.54) is 41.5 Å². The predicted octanol–water partition coefficient (Wildman–Crippen LogP) is 7.72. The highest BCUT2D eigenvalue weighted by Crippen LogP contribution is 2.22. The molecule has 4 aromatic carbocycles. The second-order valence-corrected chi connectivity index (χ2v) is 8.33. The topological polar surface area (TPSA) is 47.6 Å². The van der Waals surface area contributed by atoms with Gasteiger partial charge >= 0.3 is 0 Å². The van der Waals surface area contributed by atoms with Crippen LogP contribution in [-0.2, 0) is 12.8 Å². The lowest BCUT2D eigenvalue weighted by molar-refractivity contribution is 0.678. The van der Waals surface area contributed by atoms with Gasteiger partial charge in [0.05, 0.1) is 23.3 Å². The number of nitrogens with zero attached hydrogens (tertiary/aromatic N) is 2. The Hall–Kier alpha value is -4.14. The molecule has 2 nitrogen and oxygen atoms in total. The van der Waals surface area contributed by atoms with Crippen LogP contribution in [0.15, 0.2) is 97.1 Å². The standard InChI is InChI=1S/C31H26N2/c32-22-26-10-18-30(19-11-26)28-14-6-24(7-15-28)4-2-1-3-5-25-8-16-29(17-9-25)31-20-12-27(23-33)13-21-31/h6-21H,1-5H2. The maximum absolute atomic E-state index is 8.93. The van der Waals surface area contributed by atoms with Crippen LogP contribution in [0.5, 0.6) is 0 Å². The van der Waals surface area contributed by atoms with Crippen LogP contribution < -0.4 is 0 Å². The molecule has 0 aliphatic rings. The summed E-state index contributed by atoms with van der Waals surface area (Å²) in [6.45, 7) is 0. The molecule has 33 heavy (non-hydrogen) atoms. The van der Waals surface area contributed by atoms with Gasteiger partial charge in [-0.15, -0.1) is 0 Å². The van der Waals surface area contributed by atoms with E-state index < -0.39 is 0 Å². The Morgan fingerprint density at radius 2 is 0.697 bits per heavy atom. The van der Waals surface area contributed by atoms with Crippen LogP contribution in [0.3, 0.4) is 0 Å². The molecule has 160 valence electrons.